The topological polar surface area (TPSA) is 33.4 Å². The predicted octanol–water partition coefficient (Wildman–Crippen LogP) is 3.83. The summed E-state index contributed by atoms with van der Waals surface area (Å²) in [5, 5.41) is 11.5. The van der Waals surface area contributed by atoms with Crippen molar-refractivity contribution in [2.75, 3.05) is 0 Å². The molecule has 1 aromatic heterocycles. The Hall–Kier alpha value is -2.13. The van der Waals surface area contributed by atoms with E-state index in [-0.39, 0.29) is 5.82 Å². The van der Waals surface area contributed by atoms with E-state index in [0.717, 1.165) is 5.39 Å². The van der Waals surface area contributed by atoms with Crippen LogP contribution in [0.2, 0.25) is 0 Å². The van der Waals surface area contributed by atoms with Crippen molar-refractivity contribution in [3.63, 3.8) is 0 Å². The van der Waals surface area contributed by atoms with Gasteiger partial charge in [0.1, 0.15) is 22.8 Å². The molecule has 0 radical (unpaired) electrons. The highest BCUT2D eigenvalue weighted by Crippen LogP contribution is 2.33. The second-order valence-corrected chi connectivity index (χ2v) is 4.73. The Labute approximate surface area is 110 Å². The van der Waals surface area contributed by atoms with Crippen LogP contribution in [0.25, 0.3) is 11.0 Å². The third kappa shape index (κ3) is 2.02. The van der Waals surface area contributed by atoms with Crippen molar-refractivity contribution in [1.29, 1.82) is 0 Å². The van der Waals surface area contributed by atoms with E-state index in [9.17, 15) is 9.50 Å². The van der Waals surface area contributed by atoms with Crippen molar-refractivity contribution in [2.24, 2.45) is 0 Å². The second kappa shape index (κ2) is 4.21. The quantitative estimate of drug-likeness (QED) is 0.756. The smallest absolute Gasteiger partial charge is 0.144 e. The summed E-state index contributed by atoms with van der Waals surface area (Å²) >= 11 is 0. The minimum Gasteiger partial charge on any atom is -0.458 e. The van der Waals surface area contributed by atoms with Crippen LogP contribution in [0.1, 0.15) is 18.2 Å². The zero-order chi connectivity index (χ0) is 13.5. The summed E-state index contributed by atoms with van der Waals surface area (Å²) in [4.78, 5) is 0. The van der Waals surface area contributed by atoms with Crippen LogP contribution in [-0.2, 0) is 5.60 Å². The van der Waals surface area contributed by atoms with E-state index >= 15 is 0 Å². The van der Waals surface area contributed by atoms with Crippen molar-refractivity contribution >= 4 is 11.0 Å². The van der Waals surface area contributed by atoms with Gasteiger partial charge < -0.3 is 9.52 Å². The Morgan fingerprint density at radius 2 is 1.84 bits per heavy atom. The fourth-order valence-corrected chi connectivity index (χ4v) is 2.16. The lowest BCUT2D eigenvalue weighted by Crippen LogP contribution is -2.22. The van der Waals surface area contributed by atoms with Gasteiger partial charge in [-0.2, -0.15) is 0 Å². The fourth-order valence-electron chi connectivity index (χ4n) is 2.16. The van der Waals surface area contributed by atoms with Crippen LogP contribution in [0, 0.1) is 5.82 Å². The number of fused-ring (bicyclic) bond motifs is 1. The molecule has 3 rings (SSSR count). The molecule has 0 amide bonds. The van der Waals surface area contributed by atoms with Crippen molar-refractivity contribution in [1.82, 2.24) is 0 Å². The normalized spacial score (nSPS) is 14.5. The first-order chi connectivity index (χ1) is 9.07. The molecule has 0 fully saturated rings. The van der Waals surface area contributed by atoms with Crippen LogP contribution in [0.5, 0.6) is 0 Å². The van der Waals surface area contributed by atoms with Crippen molar-refractivity contribution in [2.45, 2.75) is 12.5 Å². The average molecular weight is 256 g/mol. The molecule has 19 heavy (non-hydrogen) atoms. The van der Waals surface area contributed by atoms with Crippen molar-refractivity contribution in [3.8, 4) is 0 Å². The number of aliphatic hydroxyl groups is 1. The van der Waals surface area contributed by atoms with Gasteiger partial charge in [-0.05, 0) is 36.8 Å². The van der Waals surface area contributed by atoms with Gasteiger partial charge in [-0.15, -0.1) is 0 Å². The zero-order valence-electron chi connectivity index (χ0n) is 10.4. The SMILES string of the molecule is CC(O)(c1cccc(F)c1)c1cc2ccccc2o1. The number of halogens is 1. The number of rotatable bonds is 2. The Balaban J connectivity index is 2.13. The summed E-state index contributed by atoms with van der Waals surface area (Å²) in [6.45, 7) is 1.60. The Kier molecular flexibility index (Phi) is 2.64. The highest BCUT2D eigenvalue weighted by Gasteiger charge is 2.30. The van der Waals surface area contributed by atoms with Crippen LogP contribution in [0.4, 0.5) is 4.39 Å². The molecule has 0 aliphatic carbocycles. The van der Waals surface area contributed by atoms with Gasteiger partial charge in [0.05, 0.1) is 0 Å². The van der Waals surface area contributed by atoms with Gasteiger partial charge >= 0.3 is 0 Å². The Morgan fingerprint density at radius 1 is 1.05 bits per heavy atom. The van der Waals surface area contributed by atoms with E-state index in [1.165, 1.54) is 12.1 Å². The van der Waals surface area contributed by atoms with Gasteiger partial charge in [0.15, 0.2) is 0 Å². The molecule has 0 saturated heterocycles. The van der Waals surface area contributed by atoms with E-state index in [1.807, 2.05) is 24.3 Å². The minimum atomic E-state index is -1.36. The molecule has 1 unspecified atom stereocenters. The highest BCUT2D eigenvalue weighted by atomic mass is 19.1. The molecule has 2 aromatic carbocycles. The maximum absolute atomic E-state index is 13.3. The summed E-state index contributed by atoms with van der Waals surface area (Å²) in [5.74, 6) is 0.0215. The number of benzene rings is 2. The van der Waals surface area contributed by atoms with Gasteiger partial charge in [-0.25, -0.2) is 4.39 Å². The molecule has 1 heterocycles. The van der Waals surface area contributed by atoms with Gasteiger partial charge in [-0.3, -0.25) is 0 Å². The molecule has 0 bridgehead atoms. The molecule has 1 N–H and O–H groups in total. The summed E-state index contributed by atoms with van der Waals surface area (Å²) in [6, 6.07) is 15.2. The van der Waals surface area contributed by atoms with E-state index in [4.69, 9.17) is 4.42 Å². The van der Waals surface area contributed by atoms with Gasteiger partial charge in [0, 0.05) is 5.39 Å². The largest absolute Gasteiger partial charge is 0.458 e. The lowest BCUT2D eigenvalue weighted by atomic mass is 9.93. The van der Waals surface area contributed by atoms with Crippen LogP contribution in [-0.4, -0.2) is 5.11 Å². The van der Waals surface area contributed by atoms with Crippen LogP contribution in [0.15, 0.2) is 59.0 Å². The van der Waals surface area contributed by atoms with Gasteiger partial charge in [0.2, 0.25) is 0 Å². The van der Waals surface area contributed by atoms with E-state index in [2.05, 4.69) is 0 Å². The maximum atomic E-state index is 13.3. The number of hydrogen-bond donors (Lipinski definition) is 1. The Bertz CT molecular complexity index is 695. The second-order valence-electron chi connectivity index (χ2n) is 4.73. The standard InChI is InChI=1S/C16H13FO2/c1-16(18,12-6-4-7-13(17)10-12)15-9-11-5-2-3-8-14(11)19-15/h2-10,18H,1H3. The minimum absolute atomic E-state index is 0.381. The number of para-hydroxylation sites is 1. The fraction of sp³-hybridized carbons (Fsp3) is 0.125. The highest BCUT2D eigenvalue weighted by molar-refractivity contribution is 5.78. The molecule has 96 valence electrons. The molecule has 0 spiro atoms. The van der Waals surface area contributed by atoms with Crippen molar-refractivity contribution in [3.05, 3.63) is 71.7 Å². The number of hydrogen-bond acceptors (Lipinski definition) is 2. The first-order valence-electron chi connectivity index (χ1n) is 6.05. The predicted molar refractivity (Wildman–Crippen MR) is 71.3 cm³/mol. The summed E-state index contributed by atoms with van der Waals surface area (Å²) in [7, 11) is 0. The molecule has 0 aliphatic rings. The third-order valence-electron chi connectivity index (χ3n) is 3.29. The van der Waals surface area contributed by atoms with E-state index in [0.29, 0.717) is 16.9 Å². The Morgan fingerprint density at radius 3 is 2.58 bits per heavy atom. The van der Waals surface area contributed by atoms with Crippen LogP contribution < -0.4 is 0 Å². The van der Waals surface area contributed by atoms with Gasteiger partial charge in [-0.1, -0.05) is 30.3 Å². The molecule has 0 saturated carbocycles. The molecule has 2 nitrogen and oxygen atoms in total. The summed E-state index contributed by atoms with van der Waals surface area (Å²) < 4.78 is 18.9. The summed E-state index contributed by atoms with van der Waals surface area (Å²) in [6.07, 6.45) is 0. The summed E-state index contributed by atoms with van der Waals surface area (Å²) in [5.41, 5.74) is -0.193. The third-order valence-corrected chi connectivity index (χ3v) is 3.29. The monoisotopic (exact) mass is 256 g/mol. The molecule has 0 aliphatic heterocycles. The lowest BCUT2D eigenvalue weighted by molar-refractivity contribution is 0.0783. The molecular weight excluding hydrogens is 243 g/mol. The van der Waals surface area contributed by atoms with Gasteiger partial charge in [0.25, 0.3) is 0 Å². The first-order valence-corrected chi connectivity index (χ1v) is 6.05. The van der Waals surface area contributed by atoms with Crippen LogP contribution in [0.3, 0.4) is 0 Å². The first kappa shape index (κ1) is 11.9. The van der Waals surface area contributed by atoms with E-state index < -0.39 is 5.60 Å². The van der Waals surface area contributed by atoms with Crippen molar-refractivity contribution < 1.29 is 13.9 Å². The van der Waals surface area contributed by atoms with E-state index in [1.54, 1.807) is 25.1 Å². The molecule has 3 aromatic rings. The maximum Gasteiger partial charge on any atom is 0.144 e. The lowest BCUT2D eigenvalue weighted by Gasteiger charge is -2.21. The number of furan rings is 1. The zero-order valence-corrected chi connectivity index (χ0v) is 10.4. The van der Waals surface area contributed by atoms with Crippen LogP contribution >= 0.6 is 0 Å². The molecule has 3 heteroatoms. The average Bonchev–Trinajstić information content (AvgIpc) is 2.83. The molecule has 1 atom stereocenters. The molecular formula is C16H13FO2.